The summed E-state index contributed by atoms with van der Waals surface area (Å²) in [6, 6.07) is 10.0. The topological polar surface area (TPSA) is 64.1 Å². The molecule has 0 aliphatic rings. The van der Waals surface area contributed by atoms with Crippen molar-refractivity contribution in [1.29, 1.82) is 0 Å². The maximum atomic E-state index is 9.81. The minimum absolute atomic E-state index is 0.0633. The van der Waals surface area contributed by atoms with Gasteiger partial charge in [0.1, 0.15) is 0 Å². The van der Waals surface area contributed by atoms with E-state index in [4.69, 9.17) is 5.73 Å². The van der Waals surface area contributed by atoms with Crippen LogP contribution < -0.4 is 5.73 Å². The van der Waals surface area contributed by atoms with Crippen molar-refractivity contribution in [3.63, 3.8) is 0 Å². The highest BCUT2D eigenvalue weighted by atomic mass is 16.3. The first kappa shape index (κ1) is 13.8. The molecule has 0 fully saturated rings. The lowest BCUT2D eigenvalue weighted by Gasteiger charge is -2.31. The van der Waals surface area contributed by atoms with Crippen molar-refractivity contribution in [3.05, 3.63) is 53.9 Å². The molecular weight excluding hydrogens is 238 g/mol. The summed E-state index contributed by atoms with van der Waals surface area (Å²) in [5.41, 5.74) is 7.85. The molecule has 19 heavy (non-hydrogen) atoms. The Balaban J connectivity index is 2.16. The third-order valence-corrected chi connectivity index (χ3v) is 3.73. The van der Waals surface area contributed by atoms with Crippen molar-refractivity contribution in [1.82, 2.24) is 9.78 Å². The summed E-state index contributed by atoms with van der Waals surface area (Å²) in [6.45, 7) is 0.502. The number of nitrogens with zero attached hydrogens (tertiary/aromatic N) is 2. The number of hydrogen-bond donors (Lipinski definition) is 2. The Morgan fingerprint density at radius 3 is 2.58 bits per heavy atom. The van der Waals surface area contributed by atoms with Crippen molar-refractivity contribution in [3.8, 4) is 0 Å². The van der Waals surface area contributed by atoms with Crippen molar-refractivity contribution in [2.75, 3.05) is 13.2 Å². The van der Waals surface area contributed by atoms with E-state index < -0.39 is 0 Å². The largest absolute Gasteiger partial charge is 0.395 e. The van der Waals surface area contributed by atoms with Crippen molar-refractivity contribution >= 4 is 0 Å². The normalized spacial score (nSPS) is 14.3. The summed E-state index contributed by atoms with van der Waals surface area (Å²) < 4.78 is 1.79. The van der Waals surface area contributed by atoms with Crippen molar-refractivity contribution in [2.24, 2.45) is 12.8 Å². The number of nitrogens with two attached hydrogens (primary N) is 1. The van der Waals surface area contributed by atoms with Gasteiger partial charge in [-0.25, -0.2) is 0 Å². The summed E-state index contributed by atoms with van der Waals surface area (Å²) in [6.07, 6.45) is 5.55. The van der Waals surface area contributed by atoms with Gasteiger partial charge in [-0.1, -0.05) is 30.3 Å². The zero-order valence-corrected chi connectivity index (χ0v) is 11.3. The van der Waals surface area contributed by atoms with E-state index in [2.05, 4.69) is 5.10 Å². The van der Waals surface area contributed by atoms with Crippen LogP contribution in [0.2, 0.25) is 0 Å². The van der Waals surface area contributed by atoms with Crippen molar-refractivity contribution < 1.29 is 5.11 Å². The van der Waals surface area contributed by atoms with E-state index in [0.29, 0.717) is 6.54 Å². The highest BCUT2D eigenvalue weighted by Crippen LogP contribution is 2.28. The molecule has 0 saturated heterocycles. The Morgan fingerprint density at radius 2 is 2.05 bits per heavy atom. The second-order valence-electron chi connectivity index (χ2n) is 5.03. The zero-order chi connectivity index (χ0) is 13.7. The van der Waals surface area contributed by atoms with Gasteiger partial charge in [-0.3, -0.25) is 4.68 Å². The van der Waals surface area contributed by atoms with E-state index in [-0.39, 0.29) is 12.0 Å². The third-order valence-electron chi connectivity index (χ3n) is 3.73. The number of hydrogen-bond acceptors (Lipinski definition) is 3. The molecule has 0 bridgehead atoms. The summed E-state index contributed by atoms with van der Waals surface area (Å²) in [7, 11) is 1.91. The van der Waals surface area contributed by atoms with Gasteiger partial charge in [0.15, 0.2) is 0 Å². The SMILES string of the molecule is Cn1cc(CCC(CN)(CO)c2ccccc2)cn1. The number of aliphatic hydroxyl groups excluding tert-OH is 1. The van der Waals surface area contributed by atoms with Crippen LogP contribution in [0, 0.1) is 0 Å². The van der Waals surface area contributed by atoms with Gasteiger partial charge in [-0.15, -0.1) is 0 Å². The summed E-state index contributed by atoms with van der Waals surface area (Å²) in [4.78, 5) is 0. The predicted molar refractivity (Wildman–Crippen MR) is 75.8 cm³/mol. The Bertz CT molecular complexity index is 503. The smallest absolute Gasteiger partial charge is 0.0540 e. The maximum absolute atomic E-state index is 9.81. The molecule has 1 aromatic heterocycles. The van der Waals surface area contributed by atoms with Gasteiger partial charge < -0.3 is 10.8 Å². The Labute approximate surface area is 113 Å². The molecule has 1 heterocycles. The average molecular weight is 259 g/mol. The van der Waals surface area contributed by atoms with E-state index in [1.807, 2.05) is 49.8 Å². The molecule has 0 aliphatic carbocycles. The fraction of sp³-hybridized carbons (Fsp3) is 0.400. The Morgan fingerprint density at radius 1 is 1.32 bits per heavy atom. The highest BCUT2D eigenvalue weighted by Gasteiger charge is 2.29. The standard InChI is InChI=1S/C15H21N3O/c1-18-10-13(9-17-18)7-8-15(11-16,12-19)14-5-3-2-4-6-14/h2-6,9-10,19H,7-8,11-12,16H2,1H3. The number of aromatic nitrogens is 2. The fourth-order valence-corrected chi connectivity index (χ4v) is 2.38. The molecule has 0 spiro atoms. The van der Waals surface area contributed by atoms with Crippen LogP contribution in [0.3, 0.4) is 0 Å². The molecule has 0 aliphatic heterocycles. The molecule has 2 aromatic rings. The van der Waals surface area contributed by atoms with Gasteiger partial charge in [0.25, 0.3) is 0 Å². The monoisotopic (exact) mass is 259 g/mol. The van der Waals surface area contributed by atoms with Crippen LogP contribution in [0.25, 0.3) is 0 Å². The van der Waals surface area contributed by atoms with Gasteiger partial charge >= 0.3 is 0 Å². The molecular formula is C15H21N3O. The molecule has 4 nitrogen and oxygen atoms in total. The summed E-state index contributed by atoms with van der Waals surface area (Å²) >= 11 is 0. The molecule has 3 N–H and O–H groups in total. The summed E-state index contributed by atoms with van der Waals surface area (Å²) in [5, 5.41) is 14.0. The van der Waals surface area contributed by atoms with E-state index >= 15 is 0 Å². The van der Waals surface area contributed by atoms with Gasteiger partial charge in [0, 0.05) is 25.2 Å². The summed E-state index contributed by atoms with van der Waals surface area (Å²) in [5.74, 6) is 0. The molecule has 1 atom stereocenters. The van der Waals surface area contributed by atoms with Crippen molar-refractivity contribution in [2.45, 2.75) is 18.3 Å². The van der Waals surface area contributed by atoms with Gasteiger partial charge in [0.05, 0.1) is 12.8 Å². The van der Waals surface area contributed by atoms with Crippen LogP contribution in [-0.2, 0) is 18.9 Å². The Kier molecular flexibility index (Phi) is 4.35. The average Bonchev–Trinajstić information content (AvgIpc) is 2.88. The minimum Gasteiger partial charge on any atom is -0.395 e. The number of aryl methyl sites for hydroxylation is 2. The molecule has 0 saturated carbocycles. The van der Waals surface area contributed by atoms with Crippen LogP contribution in [0.5, 0.6) is 0 Å². The van der Waals surface area contributed by atoms with E-state index in [9.17, 15) is 5.11 Å². The first-order valence-corrected chi connectivity index (χ1v) is 6.54. The van der Waals surface area contributed by atoms with Crippen LogP contribution in [-0.4, -0.2) is 28.0 Å². The third kappa shape index (κ3) is 3.03. The second-order valence-corrected chi connectivity index (χ2v) is 5.03. The lowest BCUT2D eigenvalue weighted by Crippen LogP contribution is -2.39. The molecule has 0 radical (unpaired) electrons. The first-order valence-electron chi connectivity index (χ1n) is 6.54. The molecule has 102 valence electrons. The highest BCUT2D eigenvalue weighted by molar-refractivity contribution is 5.26. The number of aliphatic hydroxyl groups is 1. The van der Waals surface area contributed by atoms with Crippen LogP contribution in [0.1, 0.15) is 17.5 Å². The molecule has 4 heteroatoms. The van der Waals surface area contributed by atoms with Gasteiger partial charge in [0.2, 0.25) is 0 Å². The molecule has 0 amide bonds. The first-order chi connectivity index (χ1) is 9.20. The maximum Gasteiger partial charge on any atom is 0.0540 e. The fourth-order valence-electron chi connectivity index (χ4n) is 2.38. The van der Waals surface area contributed by atoms with E-state index in [0.717, 1.165) is 18.4 Å². The quantitative estimate of drug-likeness (QED) is 0.820. The number of benzene rings is 1. The predicted octanol–water partition coefficient (Wildman–Crippen LogP) is 1.24. The number of rotatable bonds is 6. The minimum atomic E-state index is -0.364. The van der Waals surface area contributed by atoms with Gasteiger partial charge in [-0.05, 0) is 24.0 Å². The van der Waals surface area contributed by atoms with Gasteiger partial charge in [-0.2, -0.15) is 5.10 Å². The van der Waals surface area contributed by atoms with Crippen LogP contribution in [0.15, 0.2) is 42.7 Å². The molecule has 1 aromatic carbocycles. The second kappa shape index (κ2) is 5.99. The van der Waals surface area contributed by atoms with Crippen LogP contribution in [0.4, 0.5) is 0 Å². The molecule has 1 unspecified atom stereocenters. The Hall–Kier alpha value is -1.65. The molecule has 2 rings (SSSR count). The lowest BCUT2D eigenvalue weighted by atomic mass is 9.77. The zero-order valence-electron chi connectivity index (χ0n) is 11.3. The van der Waals surface area contributed by atoms with E-state index in [1.165, 1.54) is 5.56 Å². The van der Waals surface area contributed by atoms with E-state index in [1.54, 1.807) is 4.68 Å². The lowest BCUT2D eigenvalue weighted by molar-refractivity contribution is 0.188. The van der Waals surface area contributed by atoms with Crippen LogP contribution >= 0.6 is 0 Å².